The van der Waals surface area contributed by atoms with Gasteiger partial charge < -0.3 is 0 Å². The molecule has 2 aromatic heterocycles. The third kappa shape index (κ3) is 4.16. The van der Waals surface area contributed by atoms with Crippen molar-refractivity contribution in [1.29, 1.82) is 0 Å². The van der Waals surface area contributed by atoms with E-state index in [1.54, 1.807) is 5.51 Å². The van der Waals surface area contributed by atoms with E-state index in [0.29, 0.717) is 10.0 Å². The molecule has 23 heavy (non-hydrogen) atoms. The molecule has 1 saturated heterocycles. The molecule has 0 saturated carbocycles. The van der Waals surface area contributed by atoms with Crippen molar-refractivity contribution in [2.24, 2.45) is 11.8 Å². The summed E-state index contributed by atoms with van der Waals surface area (Å²) < 4.78 is 0. The van der Waals surface area contributed by atoms with Crippen molar-refractivity contribution in [3.8, 4) is 0 Å². The molecule has 1 aliphatic rings. The molecule has 2 aromatic rings. The number of thiazole rings is 2. The van der Waals surface area contributed by atoms with Gasteiger partial charge in [-0.3, -0.25) is 15.0 Å². The topological polar surface area (TPSA) is 58.1 Å². The molecule has 0 spiro atoms. The predicted molar refractivity (Wildman–Crippen MR) is 95.1 cm³/mol. The SMILES string of the molecule is Cc1ncsc1C(=O)Nc1nc(CN2C[C@H](C)C[C@H](C)C2)cs1. The van der Waals surface area contributed by atoms with Gasteiger partial charge in [0, 0.05) is 25.0 Å². The van der Waals surface area contributed by atoms with Gasteiger partial charge in [-0.05, 0) is 25.2 Å². The molecule has 0 bridgehead atoms. The number of aryl methyl sites for hydroxylation is 1. The van der Waals surface area contributed by atoms with Crippen LogP contribution in [0.1, 0.15) is 41.3 Å². The molecule has 1 aliphatic heterocycles. The van der Waals surface area contributed by atoms with Gasteiger partial charge in [0.1, 0.15) is 4.88 Å². The van der Waals surface area contributed by atoms with Gasteiger partial charge in [-0.2, -0.15) is 0 Å². The zero-order valence-electron chi connectivity index (χ0n) is 13.7. The molecule has 1 N–H and O–H groups in total. The van der Waals surface area contributed by atoms with Crippen LogP contribution in [0.25, 0.3) is 0 Å². The van der Waals surface area contributed by atoms with E-state index in [1.165, 1.54) is 29.1 Å². The summed E-state index contributed by atoms with van der Waals surface area (Å²) in [7, 11) is 0. The molecule has 3 rings (SSSR count). The number of piperidine rings is 1. The smallest absolute Gasteiger partial charge is 0.269 e. The zero-order chi connectivity index (χ0) is 16.4. The van der Waals surface area contributed by atoms with E-state index in [9.17, 15) is 4.79 Å². The summed E-state index contributed by atoms with van der Waals surface area (Å²) in [5, 5.41) is 5.58. The summed E-state index contributed by atoms with van der Waals surface area (Å²) in [5.41, 5.74) is 3.49. The first-order chi connectivity index (χ1) is 11.0. The first-order valence-electron chi connectivity index (χ1n) is 7.89. The van der Waals surface area contributed by atoms with Gasteiger partial charge in [-0.25, -0.2) is 9.97 Å². The summed E-state index contributed by atoms with van der Waals surface area (Å²) in [5.74, 6) is 1.36. The van der Waals surface area contributed by atoms with Crippen LogP contribution in [0.15, 0.2) is 10.9 Å². The third-order valence-corrected chi connectivity index (χ3v) is 5.79. The highest BCUT2D eigenvalue weighted by Crippen LogP contribution is 2.24. The first-order valence-corrected chi connectivity index (χ1v) is 9.65. The minimum Gasteiger partial charge on any atom is -0.297 e. The number of aromatic nitrogens is 2. The number of anilines is 1. The van der Waals surface area contributed by atoms with Gasteiger partial charge in [0.25, 0.3) is 5.91 Å². The summed E-state index contributed by atoms with van der Waals surface area (Å²) >= 11 is 2.84. The van der Waals surface area contributed by atoms with Crippen LogP contribution in [0.3, 0.4) is 0 Å². The van der Waals surface area contributed by atoms with E-state index in [-0.39, 0.29) is 5.91 Å². The fourth-order valence-electron chi connectivity index (χ4n) is 3.26. The Labute approximate surface area is 144 Å². The third-order valence-electron chi connectivity index (χ3n) is 4.05. The monoisotopic (exact) mass is 350 g/mol. The van der Waals surface area contributed by atoms with Gasteiger partial charge in [-0.1, -0.05) is 13.8 Å². The highest BCUT2D eigenvalue weighted by Gasteiger charge is 2.22. The minimum atomic E-state index is -0.119. The van der Waals surface area contributed by atoms with Crippen molar-refractivity contribution in [1.82, 2.24) is 14.9 Å². The van der Waals surface area contributed by atoms with Gasteiger partial charge in [0.2, 0.25) is 0 Å². The fourth-order valence-corrected chi connectivity index (χ4v) is 4.66. The lowest BCUT2D eigenvalue weighted by molar-refractivity contribution is 0.103. The molecular weight excluding hydrogens is 328 g/mol. The Bertz CT molecular complexity index is 671. The van der Waals surface area contributed by atoms with E-state index in [2.05, 4.69) is 34.0 Å². The molecule has 2 atom stereocenters. The van der Waals surface area contributed by atoms with E-state index in [0.717, 1.165) is 42.9 Å². The summed E-state index contributed by atoms with van der Waals surface area (Å²) in [6.45, 7) is 9.59. The molecule has 1 fully saturated rings. The number of carbonyl (C=O) groups is 1. The standard InChI is InChI=1S/C16H22N4OS2/c1-10-4-11(2)6-20(5-10)7-13-8-22-16(18-13)19-15(21)14-12(3)17-9-23-14/h8-11H,4-7H2,1-3H3,(H,18,19,21)/t10-,11+. The average Bonchev–Trinajstić information content (AvgIpc) is 3.07. The van der Waals surface area contributed by atoms with Gasteiger partial charge in [0.15, 0.2) is 5.13 Å². The average molecular weight is 351 g/mol. The van der Waals surface area contributed by atoms with Crippen molar-refractivity contribution >= 4 is 33.7 Å². The second-order valence-electron chi connectivity index (χ2n) is 6.51. The summed E-state index contributed by atoms with van der Waals surface area (Å²) in [6, 6.07) is 0. The Morgan fingerprint density at radius 2 is 2.09 bits per heavy atom. The maximum atomic E-state index is 12.2. The Morgan fingerprint density at radius 1 is 1.35 bits per heavy atom. The Balaban J connectivity index is 1.60. The molecule has 0 aromatic carbocycles. The molecule has 1 amide bonds. The predicted octanol–water partition coefficient (Wildman–Crippen LogP) is 3.64. The molecule has 0 radical (unpaired) electrons. The Kier molecular flexibility index (Phi) is 5.08. The quantitative estimate of drug-likeness (QED) is 0.915. The Morgan fingerprint density at radius 3 is 2.74 bits per heavy atom. The number of carbonyl (C=O) groups excluding carboxylic acids is 1. The van der Waals surface area contributed by atoms with Crippen LogP contribution in [0, 0.1) is 18.8 Å². The molecule has 3 heterocycles. The summed E-state index contributed by atoms with van der Waals surface area (Å²) in [6.07, 6.45) is 1.31. The highest BCUT2D eigenvalue weighted by atomic mass is 32.1. The largest absolute Gasteiger partial charge is 0.297 e. The lowest BCUT2D eigenvalue weighted by Crippen LogP contribution is -2.38. The van der Waals surface area contributed by atoms with Crippen molar-refractivity contribution in [3.63, 3.8) is 0 Å². The molecule has 5 nitrogen and oxygen atoms in total. The van der Waals surface area contributed by atoms with E-state index in [1.807, 2.05) is 12.3 Å². The van der Waals surface area contributed by atoms with E-state index < -0.39 is 0 Å². The van der Waals surface area contributed by atoms with Crippen LogP contribution in [0.2, 0.25) is 0 Å². The molecular formula is C16H22N4OS2. The van der Waals surface area contributed by atoms with Crippen LogP contribution in [-0.2, 0) is 6.54 Å². The molecule has 7 heteroatoms. The van der Waals surface area contributed by atoms with Crippen LogP contribution in [0.4, 0.5) is 5.13 Å². The number of rotatable bonds is 4. The van der Waals surface area contributed by atoms with E-state index >= 15 is 0 Å². The maximum Gasteiger partial charge on any atom is 0.269 e. The number of nitrogens with one attached hydrogen (secondary N) is 1. The molecule has 124 valence electrons. The number of hydrogen-bond donors (Lipinski definition) is 1. The van der Waals surface area contributed by atoms with Crippen LogP contribution < -0.4 is 5.32 Å². The highest BCUT2D eigenvalue weighted by molar-refractivity contribution is 7.14. The maximum absolute atomic E-state index is 12.2. The second kappa shape index (κ2) is 7.07. The fraction of sp³-hybridized carbons (Fsp3) is 0.562. The first kappa shape index (κ1) is 16.5. The van der Waals surface area contributed by atoms with Gasteiger partial charge in [0.05, 0.1) is 16.9 Å². The minimum absolute atomic E-state index is 0.119. The van der Waals surface area contributed by atoms with Crippen molar-refractivity contribution in [2.45, 2.75) is 33.7 Å². The second-order valence-corrected chi connectivity index (χ2v) is 8.22. The summed E-state index contributed by atoms with van der Waals surface area (Å²) in [4.78, 5) is 24.0. The van der Waals surface area contributed by atoms with Crippen LogP contribution in [-0.4, -0.2) is 33.9 Å². The molecule has 0 aliphatic carbocycles. The van der Waals surface area contributed by atoms with Crippen molar-refractivity contribution < 1.29 is 4.79 Å². The Hall–Kier alpha value is -1.31. The van der Waals surface area contributed by atoms with Crippen LogP contribution in [0.5, 0.6) is 0 Å². The van der Waals surface area contributed by atoms with Crippen LogP contribution >= 0.6 is 22.7 Å². The lowest BCUT2D eigenvalue weighted by atomic mass is 9.92. The number of likely N-dealkylation sites (tertiary alicyclic amines) is 1. The van der Waals surface area contributed by atoms with Crippen molar-refractivity contribution in [2.75, 3.05) is 18.4 Å². The normalized spacial score (nSPS) is 22.2. The zero-order valence-corrected chi connectivity index (χ0v) is 15.3. The number of nitrogens with zero attached hydrogens (tertiary/aromatic N) is 3. The van der Waals surface area contributed by atoms with Gasteiger partial charge in [-0.15, -0.1) is 22.7 Å². The van der Waals surface area contributed by atoms with E-state index in [4.69, 9.17) is 0 Å². The van der Waals surface area contributed by atoms with Gasteiger partial charge >= 0.3 is 0 Å². The number of hydrogen-bond acceptors (Lipinski definition) is 6. The lowest BCUT2D eigenvalue weighted by Gasteiger charge is -2.34. The van der Waals surface area contributed by atoms with Crippen molar-refractivity contribution in [3.05, 3.63) is 27.2 Å². The number of amides is 1. The molecule has 0 unspecified atom stereocenters.